The summed E-state index contributed by atoms with van der Waals surface area (Å²) in [6.07, 6.45) is 1.22. The van der Waals surface area contributed by atoms with Gasteiger partial charge in [-0.1, -0.05) is 24.3 Å². The smallest absolute Gasteiger partial charge is 0.194 e. The van der Waals surface area contributed by atoms with Crippen LogP contribution >= 0.6 is 24.0 Å². The molecule has 10 heteroatoms. The summed E-state index contributed by atoms with van der Waals surface area (Å²) in [6, 6.07) is 10.9. The number of piperazine rings is 1. The van der Waals surface area contributed by atoms with Crippen molar-refractivity contribution in [3.05, 3.63) is 65.2 Å². The summed E-state index contributed by atoms with van der Waals surface area (Å²) in [5.74, 6) is -0.117. The molecule has 0 spiro atoms. The Hall–Kier alpha value is -1.95. The van der Waals surface area contributed by atoms with Crippen LogP contribution in [0.25, 0.3) is 0 Å². The molecule has 0 amide bonds. The van der Waals surface area contributed by atoms with Crippen LogP contribution in [0.3, 0.4) is 0 Å². The van der Waals surface area contributed by atoms with Gasteiger partial charge in [0.1, 0.15) is 11.6 Å². The number of nitrogens with zero attached hydrogens (tertiary/aromatic N) is 3. The Balaban J connectivity index is 0.00000341. The number of aliphatic imine (C=N–C) groups is 1. The minimum atomic E-state index is -3.05. The highest BCUT2D eigenvalue weighted by Crippen LogP contribution is 2.22. The summed E-state index contributed by atoms with van der Waals surface area (Å²) >= 11 is 0. The first-order valence-corrected chi connectivity index (χ1v) is 11.7. The van der Waals surface area contributed by atoms with Gasteiger partial charge in [-0.15, -0.1) is 24.0 Å². The average Bonchev–Trinajstić information content (AvgIpc) is 2.71. The predicted molar refractivity (Wildman–Crippen MR) is 131 cm³/mol. The molecule has 0 unspecified atom stereocenters. The molecule has 1 heterocycles. The zero-order valence-electron chi connectivity index (χ0n) is 17.5. The number of sulfone groups is 1. The van der Waals surface area contributed by atoms with E-state index in [0.29, 0.717) is 32.7 Å². The third-order valence-electron chi connectivity index (χ3n) is 4.94. The van der Waals surface area contributed by atoms with Gasteiger partial charge in [0.05, 0.1) is 11.4 Å². The number of guanidine groups is 1. The molecular formula is C21H27F2IN4O2S. The third kappa shape index (κ3) is 7.30. The van der Waals surface area contributed by atoms with Crippen LogP contribution in [0, 0.1) is 11.6 Å². The van der Waals surface area contributed by atoms with Crippen molar-refractivity contribution in [1.82, 2.24) is 10.2 Å². The van der Waals surface area contributed by atoms with E-state index < -0.39 is 21.5 Å². The molecule has 2 aromatic rings. The van der Waals surface area contributed by atoms with Gasteiger partial charge in [0.2, 0.25) is 0 Å². The molecule has 3 rings (SSSR count). The van der Waals surface area contributed by atoms with Crippen LogP contribution < -0.4 is 10.2 Å². The van der Waals surface area contributed by atoms with E-state index in [9.17, 15) is 17.2 Å². The maximum absolute atomic E-state index is 14.0. The molecule has 170 valence electrons. The zero-order chi connectivity index (χ0) is 21.7. The molecule has 0 saturated carbocycles. The van der Waals surface area contributed by atoms with E-state index in [0.717, 1.165) is 29.2 Å². The van der Waals surface area contributed by atoms with Crippen LogP contribution in [0.1, 0.15) is 11.1 Å². The summed E-state index contributed by atoms with van der Waals surface area (Å²) < 4.78 is 50.3. The van der Waals surface area contributed by atoms with Crippen LogP contribution in [0.4, 0.5) is 14.5 Å². The number of halogens is 3. The topological polar surface area (TPSA) is 65.0 Å². The number of anilines is 1. The second-order valence-electron chi connectivity index (χ2n) is 7.36. The summed E-state index contributed by atoms with van der Waals surface area (Å²) in [7, 11) is -1.35. The van der Waals surface area contributed by atoms with Gasteiger partial charge in [0.25, 0.3) is 0 Å². The van der Waals surface area contributed by atoms with Crippen molar-refractivity contribution in [2.24, 2.45) is 4.99 Å². The van der Waals surface area contributed by atoms with E-state index >= 15 is 0 Å². The van der Waals surface area contributed by atoms with Gasteiger partial charge in [0.15, 0.2) is 15.8 Å². The molecule has 0 radical (unpaired) electrons. The third-order valence-corrected chi connectivity index (χ3v) is 5.80. The normalized spacial score (nSPS) is 14.9. The van der Waals surface area contributed by atoms with Gasteiger partial charge in [-0.3, -0.25) is 4.99 Å². The second-order valence-corrected chi connectivity index (χ2v) is 9.50. The molecule has 0 aliphatic carbocycles. The lowest BCUT2D eigenvalue weighted by Gasteiger charge is -2.37. The van der Waals surface area contributed by atoms with Gasteiger partial charge in [-0.2, -0.15) is 0 Å². The van der Waals surface area contributed by atoms with E-state index in [2.05, 4.69) is 15.2 Å². The van der Waals surface area contributed by atoms with Crippen LogP contribution in [-0.2, 0) is 22.1 Å². The molecule has 6 nitrogen and oxygen atoms in total. The molecular weight excluding hydrogens is 537 g/mol. The van der Waals surface area contributed by atoms with E-state index in [4.69, 9.17) is 0 Å². The van der Waals surface area contributed by atoms with Gasteiger partial charge >= 0.3 is 0 Å². The average molecular weight is 564 g/mol. The minimum Gasteiger partial charge on any atom is -0.366 e. The molecule has 31 heavy (non-hydrogen) atoms. The Morgan fingerprint density at radius 2 is 1.65 bits per heavy atom. The lowest BCUT2D eigenvalue weighted by Crippen LogP contribution is -2.52. The number of nitrogens with one attached hydrogen (secondary N) is 1. The Morgan fingerprint density at radius 1 is 1.03 bits per heavy atom. The second kappa shape index (κ2) is 11.1. The highest BCUT2D eigenvalue weighted by Gasteiger charge is 2.22. The number of benzene rings is 2. The summed E-state index contributed by atoms with van der Waals surface area (Å²) in [4.78, 5) is 8.23. The Morgan fingerprint density at radius 3 is 2.23 bits per heavy atom. The van der Waals surface area contributed by atoms with Crippen molar-refractivity contribution < 1.29 is 17.2 Å². The van der Waals surface area contributed by atoms with E-state index in [-0.39, 0.29) is 35.4 Å². The first-order valence-electron chi connectivity index (χ1n) is 9.66. The van der Waals surface area contributed by atoms with Crippen molar-refractivity contribution in [2.75, 3.05) is 44.4 Å². The molecule has 1 fully saturated rings. The van der Waals surface area contributed by atoms with Crippen molar-refractivity contribution in [1.29, 1.82) is 0 Å². The number of rotatable bonds is 5. The fourth-order valence-electron chi connectivity index (χ4n) is 3.46. The highest BCUT2D eigenvalue weighted by atomic mass is 127. The number of hydrogen-bond acceptors (Lipinski definition) is 4. The van der Waals surface area contributed by atoms with Crippen molar-refractivity contribution in [3.63, 3.8) is 0 Å². The fourth-order valence-corrected chi connectivity index (χ4v) is 4.25. The van der Waals surface area contributed by atoms with Crippen LogP contribution in [-0.4, -0.2) is 58.8 Å². The van der Waals surface area contributed by atoms with Crippen LogP contribution in [0.2, 0.25) is 0 Å². The molecule has 1 aliphatic rings. The van der Waals surface area contributed by atoms with E-state index in [1.807, 2.05) is 29.2 Å². The standard InChI is InChI=1S/C21H26F2N4O2S.HI/c1-24-21(25-14-16-3-5-17(6-4-16)15-30(2,28)29)27-11-9-26(10-12-27)20-13-18(22)7-8-19(20)23;/h3-8,13H,9-12,14-15H2,1-2H3,(H,24,25);1H. The molecule has 0 bridgehead atoms. The van der Waals surface area contributed by atoms with Crippen molar-refractivity contribution >= 4 is 45.5 Å². The van der Waals surface area contributed by atoms with Gasteiger partial charge < -0.3 is 15.1 Å². The molecule has 1 N–H and O–H groups in total. The maximum atomic E-state index is 14.0. The summed E-state index contributed by atoms with van der Waals surface area (Å²) in [6.45, 7) is 2.92. The first-order chi connectivity index (χ1) is 14.2. The summed E-state index contributed by atoms with van der Waals surface area (Å²) in [5.41, 5.74) is 2.05. The first kappa shape index (κ1) is 25.3. The molecule has 1 saturated heterocycles. The van der Waals surface area contributed by atoms with Gasteiger partial charge in [-0.05, 0) is 23.3 Å². The Kier molecular flexibility index (Phi) is 9.04. The lowest BCUT2D eigenvalue weighted by atomic mass is 10.1. The Labute approximate surface area is 199 Å². The summed E-state index contributed by atoms with van der Waals surface area (Å²) in [5, 5.41) is 3.30. The largest absolute Gasteiger partial charge is 0.366 e. The van der Waals surface area contributed by atoms with Crippen LogP contribution in [0.5, 0.6) is 0 Å². The monoisotopic (exact) mass is 564 g/mol. The van der Waals surface area contributed by atoms with E-state index in [1.165, 1.54) is 12.3 Å². The highest BCUT2D eigenvalue weighted by molar-refractivity contribution is 14.0. The maximum Gasteiger partial charge on any atom is 0.194 e. The molecule has 0 atom stereocenters. The van der Waals surface area contributed by atoms with Crippen molar-refractivity contribution in [2.45, 2.75) is 12.3 Å². The lowest BCUT2D eigenvalue weighted by molar-refractivity contribution is 0.370. The Bertz CT molecular complexity index is 1010. The van der Waals surface area contributed by atoms with Gasteiger partial charge in [0, 0.05) is 52.1 Å². The molecule has 1 aliphatic heterocycles. The van der Waals surface area contributed by atoms with E-state index in [1.54, 1.807) is 7.05 Å². The fraction of sp³-hybridized carbons (Fsp3) is 0.381. The SMILES string of the molecule is CN=C(NCc1ccc(CS(C)(=O)=O)cc1)N1CCN(c2cc(F)ccc2F)CC1.I. The van der Waals surface area contributed by atoms with Crippen molar-refractivity contribution in [3.8, 4) is 0 Å². The number of hydrogen-bond donors (Lipinski definition) is 1. The minimum absolute atomic E-state index is 0. The quantitative estimate of drug-likeness (QED) is 0.344. The predicted octanol–water partition coefficient (Wildman–Crippen LogP) is 3.03. The van der Waals surface area contributed by atoms with Crippen LogP contribution in [0.15, 0.2) is 47.5 Å². The molecule has 0 aromatic heterocycles. The molecule has 2 aromatic carbocycles. The zero-order valence-corrected chi connectivity index (χ0v) is 20.7. The van der Waals surface area contributed by atoms with Gasteiger partial charge in [-0.25, -0.2) is 17.2 Å².